The molecule has 8 heteroatoms. The van der Waals surface area contributed by atoms with Crippen LogP contribution in [0.2, 0.25) is 5.02 Å². The molecule has 5 unspecified atom stereocenters. The summed E-state index contributed by atoms with van der Waals surface area (Å²) in [4.78, 5) is 15.7. The van der Waals surface area contributed by atoms with Crippen LogP contribution in [0.1, 0.15) is 54.1 Å². The van der Waals surface area contributed by atoms with E-state index in [0.29, 0.717) is 43.1 Å². The van der Waals surface area contributed by atoms with Gasteiger partial charge < -0.3 is 19.1 Å². The summed E-state index contributed by atoms with van der Waals surface area (Å²) in [6, 6.07) is 12.3. The molecule has 6 nitrogen and oxygen atoms in total. The van der Waals surface area contributed by atoms with E-state index in [1.165, 1.54) is 29.5 Å². The average Bonchev–Trinajstić information content (AvgIpc) is 3.21. The van der Waals surface area contributed by atoms with E-state index in [1.807, 2.05) is 24.3 Å². The van der Waals surface area contributed by atoms with Crippen molar-refractivity contribution >= 4 is 35.1 Å². The zero-order valence-electron chi connectivity index (χ0n) is 24.1. The third-order valence-electron chi connectivity index (χ3n) is 9.42. The highest BCUT2D eigenvalue weighted by atomic mass is 35.5. The number of methoxy groups -OCH3 is 1. The van der Waals surface area contributed by atoms with Crippen molar-refractivity contribution in [3.63, 3.8) is 0 Å². The second kappa shape index (κ2) is 12.6. The molecule has 6 rings (SSSR count). The minimum Gasteiger partial charge on any atom is -0.490 e. The molecule has 220 valence electrons. The standard InChI is InChI=1S/C33H41ClN2O4S/c1-22-4-3-5-30(39-15-14-38-2)27-9-6-25(27)18-36-20-33(13-12-23-16-26(34)8-10-28(23)33)21-40-31-11-7-24(17-29(31)36)32(37)35-41-19-22/h3,5,7-8,10-11,16-17,22,25,27,30H,4,6,9,12-15,18-21H2,1-2H3,(H,35,37)/b5-3+. The monoisotopic (exact) mass is 596 g/mol. The molecular formula is C33H41ClN2O4S. The molecule has 2 aliphatic carbocycles. The maximum Gasteiger partial charge on any atom is 0.261 e. The van der Waals surface area contributed by atoms with Gasteiger partial charge in [0.15, 0.2) is 0 Å². The fourth-order valence-electron chi connectivity index (χ4n) is 6.96. The van der Waals surface area contributed by atoms with Crippen molar-refractivity contribution < 1.29 is 19.0 Å². The van der Waals surface area contributed by atoms with Crippen molar-refractivity contribution in [1.29, 1.82) is 0 Å². The molecule has 1 amide bonds. The van der Waals surface area contributed by atoms with Crippen LogP contribution in [-0.2, 0) is 21.3 Å². The predicted molar refractivity (Wildman–Crippen MR) is 166 cm³/mol. The quantitative estimate of drug-likeness (QED) is 0.248. The number of amides is 1. The Labute approximate surface area is 253 Å². The van der Waals surface area contributed by atoms with E-state index in [-0.39, 0.29) is 17.4 Å². The molecule has 4 aliphatic rings. The molecule has 5 atom stereocenters. The summed E-state index contributed by atoms with van der Waals surface area (Å²) in [7, 11) is 1.72. The summed E-state index contributed by atoms with van der Waals surface area (Å²) in [5, 5.41) is 0.788. The number of aryl methyl sites for hydroxylation is 1. The van der Waals surface area contributed by atoms with Gasteiger partial charge in [-0.15, -0.1) is 0 Å². The summed E-state index contributed by atoms with van der Waals surface area (Å²) in [6.07, 6.45) is 9.95. The topological polar surface area (TPSA) is 60.0 Å². The molecule has 1 N–H and O–H groups in total. The van der Waals surface area contributed by atoms with Gasteiger partial charge in [-0.2, -0.15) is 0 Å². The third-order valence-corrected chi connectivity index (χ3v) is 10.7. The van der Waals surface area contributed by atoms with Crippen molar-refractivity contribution in [2.24, 2.45) is 17.8 Å². The van der Waals surface area contributed by atoms with Gasteiger partial charge in [-0.1, -0.05) is 36.7 Å². The number of allylic oxidation sites excluding steroid dienone is 1. The van der Waals surface area contributed by atoms with Gasteiger partial charge in [0.25, 0.3) is 5.91 Å². The Balaban J connectivity index is 1.35. The predicted octanol–water partition coefficient (Wildman–Crippen LogP) is 6.45. The maximum atomic E-state index is 13.2. The lowest BCUT2D eigenvalue weighted by Gasteiger charge is -2.45. The first-order valence-electron chi connectivity index (χ1n) is 15.0. The lowest BCUT2D eigenvalue weighted by atomic mass is 9.69. The average molecular weight is 597 g/mol. The van der Waals surface area contributed by atoms with Crippen molar-refractivity contribution in [3.05, 3.63) is 70.3 Å². The van der Waals surface area contributed by atoms with Crippen LogP contribution in [0.3, 0.4) is 0 Å². The highest BCUT2D eigenvalue weighted by Gasteiger charge is 2.45. The number of hydrogen-bond acceptors (Lipinski definition) is 6. The summed E-state index contributed by atoms with van der Waals surface area (Å²) >= 11 is 7.87. The number of rotatable bonds is 4. The number of fused-ring (bicyclic) bond motifs is 4. The Morgan fingerprint density at radius 3 is 2.93 bits per heavy atom. The van der Waals surface area contributed by atoms with E-state index >= 15 is 0 Å². The van der Waals surface area contributed by atoms with E-state index in [9.17, 15) is 4.79 Å². The number of carbonyl (C=O) groups is 1. The van der Waals surface area contributed by atoms with Gasteiger partial charge in [0.05, 0.1) is 31.6 Å². The molecule has 2 bridgehead atoms. The normalized spacial score (nSPS) is 30.4. The first-order chi connectivity index (χ1) is 20.0. The zero-order chi connectivity index (χ0) is 28.4. The Morgan fingerprint density at radius 2 is 2.10 bits per heavy atom. The number of benzene rings is 2. The number of nitrogens with one attached hydrogen (secondary N) is 1. The van der Waals surface area contributed by atoms with Crippen LogP contribution in [0.5, 0.6) is 5.75 Å². The molecule has 2 aromatic carbocycles. The maximum absolute atomic E-state index is 13.2. The number of anilines is 1. The minimum absolute atomic E-state index is 0.0551. The second-order valence-corrected chi connectivity index (χ2v) is 13.5. The van der Waals surface area contributed by atoms with Gasteiger partial charge >= 0.3 is 0 Å². The van der Waals surface area contributed by atoms with E-state index in [2.05, 4.69) is 40.8 Å². The van der Waals surface area contributed by atoms with Crippen LogP contribution in [-0.4, -0.2) is 57.8 Å². The fraction of sp³-hybridized carbons (Fsp3) is 0.545. The number of nitrogens with zero attached hydrogens (tertiary/aromatic N) is 1. The Kier molecular flexibility index (Phi) is 8.87. The van der Waals surface area contributed by atoms with Gasteiger partial charge in [0.1, 0.15) is 5.75 Å². The molecule has 1 saturated carbocycles. The van der Waals surface area contributed by atoms with Crippen LogP contribution in [0, 0.1) is 17.8 Å². The number of halogens is 1. The van der Waals surface area contributed by atoms with Crippen molar-refractivity contribution in [1.82, 2.24) is 4.72 Å². The molecule has 1 fully saturated rings. The van der Waals surface area contributed by atoms with E-state index in [0.717, 1.165) is 61.0 Å². The number of ether oxygens (including phenoxy) is 3. The van der Waals surface area contributed by atoms with Gasteiger partial charge in [0, 0.05) is 42.0 Å². The third kappa shape index (κ3) is 6.15. The summed E-state index contributed by atoms with van der Waals surface area (Å²) in [5.74, 6) is 3.03. The summed E-state index contributed by atoms with van der Waals surface area (Å²) in [5.41, 5.74) is 4.23. The molecule has 1 spiro atoms. The minimum atomic E-state index is -0.123. The van der Waals surface area contributed by atoms with E-state index in [1.54, 1.807) is 7.11 Å². The fourth-order valence-corrected chi connectivity index (χ4v) is 7.91. The summed E-state index contributed by atoms with van der Waals surface area (Å²) < 4.78 is 21.4. The van der Waals surface area contributed by atoms with Crippen molar-refractivity contribution in [3.8, 4) is 5.75 Å². The van der Waals surface area contributed by atoms with Crippen molar-refractivity contribution in [2.45, 2.75) is 50.5 Å². The smallest absolute Gasteiger partial charge is 0.261 e. The largest absolute Gasteiger partial charge is 0.490 e. The lowest BCUT2D eigenvalue weighted by Crippen LogP contribution is -2.48. The molecule has 2 heterocycles. The molecule has 41 heavy (non-hydrogen) atoms. The Hall–Kier alpha value is -2.19. The van der Waals surface area contributed by atoms with Gasteiger partial charge in [-0.05, 0) is 103 Å². The first kappa shape index (κ1) is 28.9. The molecule has 0 radical (unpaired) electrons. The molecule has 0 saturated heterocycles. The van der Waals surface area contributed by atoms with Gasteiger partial charge in [-0.25, -0.2) is 0 Å². The van der Waals surface area contributed by atoms with Crippen molar-refractivity contribution in [2.75, 3.05) is 50.7 Å². The molecular weight excluding hydrogens is 556 g/mol. The van der Waals surface area contributed by atoms with Gasteiger partial charge in [0.2, 0.25) is 0 Å². The molecule has 2 aromatic rings. The zero-order valence-corrected chi connectivity index (χ0v) is 25.6. The van der Waals surface area contributed by atoms with Crippen LogP contribution in [0.15, 0.2) is 48.6 Å². The number of carbonyl (C=O) groups excluding carboxylic acids is 1. The molecule has 2 aliphatic heterocycles. The Bertz CT molecular complexity index is 1290. The highest BCUT2D eigenvalue weighted by Crippen LogP contribution is 2.47. The van der Waals surface area contributed by atoms with Crippen LogP contribution in [0.25, 0.3) is 0 Å². The van der Waals surface area contributed by atoms with Crippen LogP contribution in [0.4, 0.5) is 5.69 Å². The molecule has 0 aromatic heterocycles. The number of hydrogen-bond donors (Lipinski definition) is 1. The first-order valence-corrected chi connectivity index (χ1v) is 16.3. The second-order valence-electron chi connectivity index (χ2n) is 12.3. The van der Waals surface area contributed by atoms with Gasteiger partial charge in [-0.3, -0.25) is 9.52 Å². The Morgan fingerprint density at radius 1 is 1.20 bits per heavy atom. The SMILES string of the molecule is COCCOC1/C=C/CC(C)CSNC(=O)c2ccc3c(c2)N(CC2CCC21)CC1(CCc2cc(Cl)ccc21)CO3. The lowest BCUT2D eigenvalue weighted by molar-refractivity contribution is -0.0309. The van der Waals surface area contributed by atoms with E-state index in [4.69, 9.17) is 25.8 Å². The van der Waals surface area contributed by atoms with E-state index < -0.39 is 0 Å². The van der Waals surface area contributed by atoms with Crippen LogP contribution < -0.4 is 14.4 Å². The highest BCUT2D eigenvalue weighted by molar-refractivity contribution is 7.97. The summed E-state index contributed by atoms with van der Waals surface area (Å²) in [6.45, 7) is 5.78. The van der Waals surface area contributed by atoms with Crippen LogP contribution >= 0.6 is 23.5 Å².